The molecule has 5 rings (SSSR count). The SMILES string of the molecule is CCCCOc1ccc(C(O)=C2C(=O)C(=O)N(c3nnc(SCc4ccccc4)s3)[C@@H]2c2cccc([N+](=O)[O-])c2)cc1. The number of thioether (sulfide) groups is 1. The molecule has 0 radical (unpaired) electrons. The van der Waals surface area contributed by atoms with Crippen molar-refractivity contribution in [2.75, 3.05) is 11.5 Å². The normalized spacial score (nSPS) is 16.1. The van der Waals surface area contributed by atoms with Crippen molar-refractivity contribution in [3.05, 3.63) is 111 Å². The average Bonchev–Trinajstić information content (AvgIpc) is 3.58. The lowest BCUT2D eigenvalue weighted by Gasteiger charge is -2.22. The van der Waals surface area contributed by atoms with Gasteiger partial charge in [0.2, 0.25) is 5.13 Å². The van der Waals surface area contributed by atoms with Gasteiger partial charge < -0.3 is 9.84 Å². The van der Waals surface area contributed by atoms with Crippen LogP contribution in [0.1, 0.15) is 42.5 Å². The molecular weight excluding hydrogens is 576 g/mol. The average molecular weight is 603 g/mol. The van der Waals surface area contributed by atoms with Crippen molar-refractivity contribution >= 4 is 51.4 Å². The van der Waals surface area contributed by atoms with Gasteiger partial charge in [-0.3, -0.25) is 24.6 Å². The first-order valence-electron chi connectivity index (χ1n) is 13.2. The van der Waals surface area contributed by atoms with Crippen LogP contribution in [0.4, 0.5) is 10.8 Å². The number of carbonyl (C=O) groups is 2. The quantitative estimate of drug-likeness (QED) is 0.0296. The van der Waals surface area contributed by atoms with Crippen molar-refractivity contribution in [2.24, 2.45) is 0 Å². The van der Waals surface area contributed by atoms with Crippen LogP contribution < -0.4 is 9.64 Å². The number of benzene rings is 3. The van der Waals surface area contributed by atoms with Gasteiger partial charge in [-0.15, -0.1) is 10.2 Å². The fourth-order valence-electron chi connectivity index (χ4n) is 4.43. The number of ketones is 1. The van der Waals surface area contributed by atoms with Gasteiger partial charge in [0.05, 0.1) is 23.1 Å². The number of aliphatic hydroxyl groups is 1. The zero-order chi connectivity index (χ0) is 29.6. The van der Waals surface area contributed by atoms with Crippen molar-refractivity contribution in [3.8, 4) is 5.75 Å². The molecule has 1 N–H and O–H groups in total. The third-order valence-electron chi connectivity index (χ3n) is 6.54. The first kappa shape index (κ1) is 29.0. The van der Waals surface area contributed by atoms with E-state index in [4.69, 9.17) is 4.74 Å². The number of hydrogen-bond donors (Lipinski definition) is 1. The molecule has 1 amide bonds. The summed E-state index contributed by atoms with van der Waals surface area (Å²) in [5.74, 6) is -1.02. The van der Waals surface area contributed by atoms with Gasteiger partial charge in [-0.2, -0.15) is 0 Å². The van der Waals surface area contributed by atoms with E-state index >= 15 is 0 Å². The Kier molecular flexibility index (Phi) is 8.94. The Morgan fingerprint density at radius 2 is 1.83 bits per heavy atom. The van der Waals surface area contributed by atoms with Crippen molar-refractivity contribution in [2.45, 2.75) is 35.9 Å². The van der Waals surface area contributed by atoms with Gasteiger partial charge in [-0.05, 0) is 41.8 Å². The maximum atomic E-state index is 13.5. The van der Waals surface area contributed by atoms with E-state index < -0.39 is 28.4 Å². The van der Waals surface area contributed by atoms with E-state index in [0.717, 1.165) is 34.6 Å². The van der Waals surface area contributed by atoms with Gasteiger partial charge in [0, 0.05) is 23.4 Å². The molecule has 0 aliphatic carbocycles. The molecule has 10 nitrogen and oxygen atoms in total. The number of nitro benzene ring substituents is 1. The fourth-order valence-corrected chi connectivity index (χ4v) is 6.25. The number of non-ortho nitro benzene ring substituents is 1. The number of ether oxygens (including phenoxy) is 1. The highest BCUT2D eigenvalue weighted by Crippen LogP contribution is 2.44. The fraction of sp³-hybridized carbons (Fsp3) is 0.200. The van der Waals surface area contributed by atoms with Crippen LogP contribution in [-0.4, -0.2) is 38.5 Å². The molecule has 1 saturated heterocycles. The molecule has 3 aromatic carbocycles. The Morgan fingerprint density at radius 3 is 2.55 bits per heavy atom. The Bertz CT molecular complexity index is 1640. The highest BCUT2D eigenvalue weighted by atomic mass is 32.2. The number of aromatic nitrogens is 2. The summed E-state index contributed by atoms with van der Waals surface area (Å²) in [4.78, 5) is 39.1. The van der Waals surface area contributed by atoms with Crippen LogP contribution >= 0.6 is 23.1 Å². The lowest BCUT2D eigenvalue weighted by molar-refractivity contribution is -0.384. The molecule has 1 fully saturated rings. The first-order chi connectivity index (χ1) is 20.4. The number of nitrogens with zero attached hydrogens (tertiary/aromatic N) is 4. The smallest absolute Gasteiger partial charge is 0.301 e. The summed E-state index contributed by atoms with van der Waals surface area (Å²) in [5.41, 5.74) is 1.23. The van der Waals surface area contributed by atoms with Gasteiger partial charge in [0.15, 0.2) is 4.34 Å². The van der Waals surface area contributed by atoms with Crippen LogP contribution in [0.15, 0.2) is 88.8 Å². The zero-order valence-electron chi connectivity index (χ0n) is 22.5. The van der Waals surface area contributed by atoms with Gasteiger partial charge in [-0.25, -0.2) is 0 Å². The minimum atomic E-state index is -1.16. The minimum Gasteiger partial charge on any atom is -0.507 e. The zero-order valence-corrected chi connectivity index (χ0v) is 24.1. The second-order valence-electron chi connectivity index (χ2n) is 9.37. The van der Waals surface area contributed by atoms with Crippen LogP contribution in [0.25, 0.3) is 5.76 Å². The molecule has 2 heterocycles. The second kappa shape index (κ2) is 13.0. The number of rotatable bonds is 11. The predicted molar refractivity (Wildman–Crippen MR) is 161 cm³/mol. The van der Waals surface area contributed by atoms with E-state index in [0.29, 0.717) is 28.0 Å². The molecule has 0 saturated carbocycles. The molecule has 0 spiro atoms. The molecule has 1 aliphatic rings. The molecule has 1 aromatic heterocycles. The summed E-state index contributed by atoms with van der Waals surface area (Å²) in [6.45, 7) is 2.61. The maximum Gasteiger partial charge on any atom is 0.301 e. The number of anilines is 1. The van der Waals surface area contributed by atoms with Crippen molar-refractivity contribution in [3.63, 3.8) is 0 Å². The van der Waals surface area contributed by atoms with E-state index in [2.05, 4.69) is 17.1 Å². The molecule has 1 atom stereocenters. The van der Waals surface area contributed by atoms with Crippen molar-refractivity contribution in [1.29, 1.82) is 0 Å². The molecule has 42 heavy (non-hydrogen) atoms. The van der Waals surface area contributed by atoms with Gasteiger partial charge in [0.1, 0.15) is 11.5 Å². The molecule has 0 bridgehead atoms. The minimum absolute atomic E-state index is 0.142. The number of hydrogen-bond acceptors (Lipinski definition) is 10. The van der Waals surface area contributed by atoms with Gasteiger partial charge in [-0.1, -0.05) is 78.9 Å². The van der Waals surface area contributed by atoms with Gasteiger partial charge >= 0.3 is 5.91 Å². The van der Waals surface area contributed by atoms with Crippen LogP contribution in [0.5, 0.6) is 5.75 Å². The summed E-state index contributed by atoms with van der Waals surface area (Å²) in [6.07, 6.45) is 1.88. The predicted octanol–water partition coefficient (Wildman–Crippen LogP) is 6.54. The summed E-state index contributed by atoms with van der Waals surface area (Å²) in [5, 5.41) is 31.5. The maximum absolute atomic E-state index is 13.5. The summed E-state index contributed by atoms with van der Waals surface area (Å²) >= 11 is 2.55. The number of Topliss-reactive ketones (excluding diaryl/α,β-unsaturated/α-hetero) is 1. The third kappa shape index (κ3) is 6.19. The first-order valence-corrected chi connectivity index (χ1v) is 15.0. The van der Waals surface area contributed by atoms with E-state index in [-0.39, 0.29) is 22.0 Å². The monoisotopic (exact) mass is 602 g/mol. The Balaban J connectivity index is 1.53. The van der Waals surface area contributed by atoms with Crippen LogP contribution in [-0.2, 0) is 15.3 Å². The Morgan fingerprint density at radius 1 is 1.07 bits per heavy atom. The van der Waals surface area contributed by atoms with Crippen molar-refractivity contribution < 1.29 is 24.4 Å². The number of aliphatic hydroxyl groups excluding tert-OH is 1. The highest BCUT2D eigenvalue weighted by molar-refractivity contribution is 8.00. The molecular formula is C30H26N4O6S2. The summed E-state index contributed by atoms with van der Waals surface area (Å²) in [6, 6.07) is 20.8. The van der Waals surface area contributed by atoms with Crippen LogP contribution in [0.3, 0.4) is 0 Å². The molecule has 1 aliphatic heterocycles. The number of carbonyl (C=O) groups excluding carboxylic acids is 2. The van der Waals surface area contributed by atoms with Gasteiger partial charge in [0.25, 0.3) is 11.5 Å². The van der Waals surface area contributed by atoms with E-state index in [1.165, 1.54) is 30.0 Å². The summed E-state index contributed by atoms with van der Waals surface area (Å²) in [7, 11) is 0. The second-order valence-corrected chi connectivity index (χ2v) is 11.6. The Labute approximate surface area is 249 Å². The van der Waals surface area contributed by atoms with E-state index in [1.807, 2.05) is 30.3 Å². The lowest BCUT2D eigenvalue weighted by Crippen LogP contribution is -2.29. The van der Waals surface area contributed by atoms with Crippen LogP contribution in [0, 0.1) is 10.1 Å². The van der Waals surface area contributed by atoms with E-state index in [1.54, 1.807) is 30.3 Å². The lowest BCUT2D eigenvalue weighted by atomic mass is 9.95. The molecule has 0 unspecified atom stereocenters. The highest BCUT2D eigenvalue weighted by Gasteiger charge is 2.48. The molecule has 12 heteroatoms. The topological polar surface area (TPSA) is 136 Å². The largest absolute Gasteiger partial charge is 0.507 e. The third-order valence-corrected chi connectivity index (χ3v) is 8.67. The molecule has 4 aromatic rings. The standard InChI is InChI=1S/C30H26N4O6S2/c1-2-3-16-40-23-14-12-20(13-15-23)26(35)24-25(21-10-7-11-22(17-21)34(38)39)33(28(37)27(24)36)29-31-32-30(42-29)41-18-19-8-5-4-6-9-19/h4-15,17,25,35H,2-3,16,18H2,1H3/t25-/m1/s1. The number of amides is 1. The number of nitro groups is 1. The van der Waals surface area contributed by atoms with Crippen molar-refractivity contribution in [1.82, 2.24) is 10.2 Å². The number of unbranched alkanes of at least 4 members (excludes halogenated alkanes) is 1. The Hall–Kier alpha value is -4.55. The molecule has 214 valence electrons. The summed E-state index contributed by atoms with van der Waals surface area (Å²) < 4.78 is 6.27. The van der Waals surface area contributed by atoms with Crippen LogP contribution in [0.2, 0.25) is 0 Å². The van der Waals surface area contributed by atoms with E-state index in [9.17, 15) is 24.8 Å².